The Hall–Kier alpha value is -1.10. The molecule has 8 heteroatoms. The highest BCUT2D eigenvalue weighted by Gasteiger charge is 2.23. The molecular weight excluding hydrogens is 493 g/mol. The fraction of sp³-hybridized carbons (Fsp3) is 0.682. The Morgan fingerprint density at radius 3 is 2.43 bits per heavy atom. The number of benzene rings is 1. The van der Waals surface area contributed by atoms with Gasteiger partial charge in [-0.05, 0) is 57.1 Å². The van der Waals surface area contributed by atoms with Crippen molar-refractivity contribution in [1.82, 2.24) is 20.4 Å². The van der Waals surface area contributed by atoms with Crippen molar-refractivity contribution >= 4 is 29.9 Å². The van der Waals surface area contributed by atoms with Crippen molar-refractivity contribution in [1.29, 1.82) is 0 Å². The van der Waals surface area contributed by atoms with E-state index >= 15 is 0 Å². The standard InChI is InChI=1S/C22H39N5O2.HI/c1-23-22(24-12-16-26(2)13-7-17-28-3)25-18-21(27-14-5-6-15-27)19-8-10-20(29-4)11-9-19;/h8-11,21H,5-7,12-18H2,1-4H3,(H2,23,24,25);1H. The van der Waals surface area contributed by atoms with Gasteiger partial charge in [-0.2, -0.15) is 0 Å². The third kappa shape index (κ3) is 9.36. The molecule has 0 aliphatic carbocycles. The molecule has 2 rings (SSSR count). The number of likely N-dealkylation sites (N-methyl/N-ethyl adjacent to an activating group) is 1. The average molecular weight is 533 g/mol. The molecule has 1 heterocycles. The van der Waals surface area contributed by atoms with E-state index in [9.17, 15) is 0 Å². The molecule has 1 atom stereocenters. The van der Waals surface area contributed by atoms with Crippen LogP contribution in [0.1, 0.15) is 30.9 Å². The third-order valence-corrected chi connectivity index (χ3v) is 5.44. The molecule has 1 aliphatic heterocycles. The van der Waals surface area contributed by atoms with Gasteiger partial charge in [0, 0.05) is 46.9 Å². The number of halogens is 1. The Morgan fingerprint density at radius 2 is 1.83 bits per heavy atom. The van der Waals surface area contributed by atoms with Crippen LogP contribution in [0.15, 0.2) is 29.3 Å². The summed E-state index contributed by atoms with van der Waals surface area (Å²) in [5.74, 6) is 1.75. The van der Waals surface area contributed by atoms with Crippen molar-refractivity contribution in [2.75, 3.05) is 74.2 Å². The van der Waals surface area contributed by atoms with Crippen LogP contribution in [-0.2, 0) is 4.74 Å². The van der Waals surface area contributed by atoms with Crippen LogP contribution in [0.5, 0.6) is 5.75 Å². The summed E-state index contributed by atoms with van der Waals surface area (Å²) in [7, 11) is 7.42. The predicted molar refractivity (Wildman–Crippen MR) is 135 cm³/mol. The van der Waals surface area contributed by atoms with E-state index < -0.39 is 0 Å². The number of rotatable bonds is 12. The van der Waals surface area contributed by atoms with Gasteiger partial charge in [-0.1, -0.05) is 12.1 Å². The first-order valence-electron chi connectivity index (χ1n) is 10.7. The van der Waals surface area contributed by atoms with Crippen molar-refractivity contribution in [3.05, 3.63) is 29.8 Å². The summed E-state index contributed by atoms with van der Waals surface area (Å²) in [4.78, 5) is 9.27. The molecule has 0 aromatic heterocycles. The van der Waals surface area contributed by atoms with Crippen molar-refractivity contribution in [2.45, 2.75) is 25.3 Å². The summed E-state index contributed by atoms with van der Waals surface area (Å²) in [5.41, 5.74) is 1.31. The lowest BCUT2D eigenvalue weighted by molar-refractivity contribution is 0.180. The molecule has 1 saturated heterocycles. The van der Waals surface area contributed by atoms with Crippen LogP contribution in [0, 0.1) is 0 Å². The van der Waals surface area contributed by atoms with Crippen molar-refractivity contribution < 1.29 is 9.47 Å². The van der Waals surface area contributed by atoms with Crippen molar-refractivity contribution in [3.8, 4) is 5.75 Å². The minimum Gasteiger partial charge on any atom is -0.497 e. The number of guanidine groups is 1. The molecule has 0 spiro atoms. The Bertz CT molecular complexity index is 594. The second kappa shape index (κ2) is 15.7. The van der Waals surface area contributed by atoms with E-state index in [1.807, 2.05) is 19.2 Å². The zero-order valence-corrected chi connectivity index (χ0v) is 21.4. The fourth-order valence-corrected chi connectivity index (χ4v) is 3.71. The smallest absolute Gasteiger partial charge is 0.191 e. The molecular formula is C22H40IN5O2. The molecule has 1 aromatic carbocycles. The van der Waals surface area contributed by atoms with Crippen molar-refractivity contribution in [3.63, 3.8) is 0 Å². The first-order valence-corrected chi connectivity index (χ1v) is 10.7. The maximum absolute atomic E-state index is 5.32. The van der Waals surface area contributed by atoms with E-state index in [1.165, 1.54) is 18.4 Å². The number of methoxy groups -OCH3 is 2. The highest BCUT2D eigenvalue weighted by atomic mass is 127. The van der Waals surface area contributed by atoms with Crippen molar-refractivity contribution in [2.24, 2.45) is 4.99 Å². The van der Waals surface area contributed by atoms with Gasteiger partial charge in [0.25, 0.3) is 0 Å². The Morgan fingerprint density at radius 1 is 1.13 bits per heavy atom. The van der Waals surface area contributed by atoms with E-state index in [0.29, 0.717) is 6.04 Å². The summed E-state index contributed by atoms with van der Waals surface area (Å²) in [6, 6.07) is 8.78. The highest BCUT2D eigenvalue weighted by molar-refractivity contribution is 14.0. The van der Waals surface area contributed by atoms with Gasteiger partial charge in [0.1, 0.15) is 5.75 Å². The number of nitrogens with one attached hydrogen (secondary N) is 2. The second-order valence-corrected chi connectivity index (χ2v) is 7.56. The van der Waals surface area contributed by atoms with Gasteiger partial charge in [-0.3, -0.25) is 9.89 Å². The van der Waals surface area contributed by atoms with E-state index in [4.69, 9.17) is 9.47 Å². The molecule has 0 saturated carbocycles. The number of aliphatic imine (C=N–C) groups is 1. The van der Waals surface area contributed by atoms with E-state index in [0.717, 1.165) is 64.0 Å². The largest absolute Gasteiger partial charge is 0.497 e. The molecule has 30 heavy (non-hydrogen) atoms. The SMILES string of the molecule is CN=C(NCCN(C)CCCOC)NCC(c1ccc(OC)cc1)N1CCCC1.I. The normalized spacial score (nSPS) is 15.7. The number of likely N-dealkylation sites (tertiary alicyclic amines) is 1. The summed E-state index contributed by atoms with van der Waals surface area (Å²) in [6.45, 7) is 6.81. The van der Waals surface area contributed by atoms with Crippen LogP contribution in [0.4, 0.5) is 0 Å². The van der Waals surface area contributed by atoms with Gasteiger partial charge in [-0.25, -0.2) is 0 Å². The zero-order chi connectivity index (χ0) is 20.9. The molecule has 1 aromatic rings. The quantitative estimate of drug-likeness (QED) is 0.187. The Kier molecular flexibility index (Phi) is 14.1. The molecule has 1 fully saturated rings. The maximum atomic E-state index is 5.32. The van der Waals surface area contributed by atoms with E-state index in [1.54, 1.807) is 14.2 Å². The molecule has 0 radical (unpaired) electrons. The summed E-state index contributed by atoms with van der Waals surface area (Å²) in [6.07, 6.45) is 3.60. The summed E-state index contributed by atoms with van der Waals surface area (Å²) >= 11 is 0. The zero-order valence-electron chi connectivity index (χ0n) is 19.0. The Labute approximate surface area is 199 Å². The lowest BCUT2D eigenvalue weighted by Crippen LogP contribution is -2.44. The first kappa shape index (κ1) is 26.9. The van der Waals surface area contributed by atoms with Gasteiger partial charge in [0.15, 0.2) is 5.96 Å². The molecule has 0 amide bonds. The topological polar surface area (TPSA) is 61.4 Å². The molecule has 1 unspecified atom stereocenters. The maximum Gasteiger partial charge on any atom is 0.191 e. The van der Waals surface area contributed by atoms with E-state index in [2.05, 4.69) is 44.6 Å². The predicted octanol–water partition coefficient (Wildman–Crippen LogP) is 2.58. The molecule has 0 bridgehead atoms. The second-order valence-electron chi connectivity index (χ2n) is 7.56. The molecule has 7 nitrogen and oxygen atoms in total. The third-order valence-electron chi connectivity index (χ3n) is 5.44. The van der Waals surface area contributed by atoms with Gasteiger partial charge in [0.05, 0.1) is 13.2 Å². The molecule has 2 N–H and O–H groups in total. The van der Waals surface area contributed by atoms with Crippen LogP contribution < -0.4 is 15.4 Å². The van der Waals surface area contributed by atoms with Gasteiger partial charge in [0.2, 0.25) is 0 Å². The first-order chi connectivity index (χ1) is 14.2. The van der Waals surface area contributed by atoms with Crippen LogP contribution in [0.3, 0.4) is 0 Å². The number of hydrogen-bond donors (Lipinski definition) is 2. The minimum atomic E-state index is 0. The number of hydrogen-bond acceptors (Lipinski definition) is 5. The van der Waals surface area contributed by atoms with Crippen LogP contribution >= 0.6 is 24.0 Å². The minimum absolute atomic E-state index is 0. The van der Waals surface area contributed by atoms with Gasteiger partial charge < -0.3 is 25.0 Å². The highest BCUT2D eigenvalue weighted by Crippen LogP contribution is 2.26. The lowest BCUT2D eigenvalue weighted by atomic mass is 10.1. The lowest BCUT2D eigenvalue weighted by Gasteiger charge is -2.29. The van der Waals surface area contributed by atoms with Crippen LogP contribution in [0.25, 0.3) is 0 Å². The molecule has 172 valence electrons. The fourth-order valence-electron chi connectivity index (χ4n) is 3.71. The summed E-state index contributed by atoms with van der Waals surface area (Å²) < 4.78 is 10.4. The van der Waals surface area contributed by atoms with Gasteiger partial charge >= 0.3 is 0 Å². The van der Waals surface area contributed by atoms with Crippen LogP contribution in [-0.4, -0.2) is 89.9 Å². The van der Waals surface area contributed by atoms with Gasteiger partial charge in [-0.15, -0.1) is 24.0 Å². The van der Waals surface area contributed by atoms with Crippen LogP contribution in [0.2, 0.25) is 0 Å². The summed E-state index contributed by atoms with van der Waals surface area (Å²) in [5, 5.41) is 6.96. The molecule has 1 aliphatic rings. The monoisotopic (exact) mass is 533 g/mol. The number of nitrogens with zero attached hydrogens (tertiary/aromatic N) is 3. The average Bonchev–Trinajstić information content (AvgIpc) is 3.28. The number of ether oxygens (including phenoxy) is 2. The van der Waals surface area contributed by atoms with E-state index in [-0.39, 0.29) is 24.0 Å². The Balaban J connectivity index is 0.00000450.